The Labute approximate surface area is 275 Å². The largest absolute Gasteiger partial charge is 0.494 e. The molecule has 4 aromatic carbocycles. The van der Waals surface area contributed by atoms with E-state index >= 15 is 0 Å². The van der Waals surface area contributed by atoms with Crippen LogP contribution in [-0.2, 0) is 22.4 Å². The number of azide groups is 2. The molecular weight excluding hydrogens is 617 g/mol. The van der Waals surface area contributed by atoms with Crippen LogP contribution in [0.2, 0.25) is 0 Å². The van der Waals surface area contributed by atoms with E-state index in [-0.39, 0.29) is 37.0 Å². The number of hydrogen-bond donors (Lipinski definition) is 3. The van der Waals surface area contributed by atoms with E-state index in [1.807, 2.05) is 0 Å². The van der Waals surface area contributed by atoms with E-state index in [1.54, 1.807) is 91.0 Å². The highest BCUT2D eigenvalue weighted by atomic mass is 19.1. The maximum Gasteiger partial charge on any atom is 0.266 e. The number of nitrogens with one attached hydrogen (secondary N) is 2. The van der Waals surface area contributed by atoms with Crippen molar-refractivity contribution in [2.24, 2.45) is 15.2 Å². The number of carbonyl (C=O) groups is 1. The average molecular weight is 650 g/mol. The number of nitrogens with zero attached hydrogens (tertiary/aromatic N) is 7. The van der Waals surface area contributed by atoms with Gasteiger partial charge in [0.25, 0.3) is 5.91 Å². The molecule has 13 nitrogen and oxygen atoms in total. The van der Waals surface area contributed by atoms with Crippen molar-refractivity contribution in [3.8, 4) is 5.75 Å². The lowest BCUT2D eigenvalue weighted by Gasteiger charge is -2.31. The molecule has 5 rings (SSSR count). The molecule has 2 atom stereocenters. The van der Waals surface area contributed by atoms with Crippen molar-refractivity contribution in [1.29, 1.82) is 0 Å². The molecule has 1 amide bonds. The molecule has 4 aromatic rings. The van der Waals surface area contributed by atoms with Gasteiger partial charge in [0, 0.05) is 58.3 Å². The zero-order valence-corrected chi connectivity index (χ0v) is 25.7. The zero-order chi connectivity index (χ0) is 33.8. The summed E-state index contributed by atoms with van der Waals surface area (Å²) in [7, 11) is 0. The van der Waals surface area contributed by atoms with Gasteiger partial charge in [-0.25, -0.2) is 14.8 Å². The second-order valence-electron chi connectivity index (χ2n) is 10.8. The molecule has 1 aliphatic heterocycles. The molecule has 0 saturated heterocycles. The smallest absolute Gasteiger partial charge is 0.266 e. The van der Waals surface area contributed by atoms with E-state index in [4.69, 9.17) is 19.6 Å². The van der Waals surface area contributed by atoms with Crippen LogP contribution >= 0.6 is 0 Å². The molecule has 0 unspecified atom stereocenters. The quantitative estimate of drug-likeness (QED) is 0.0417. The molecule has 0 spiro atoms. The van der Waals surface area contributed by atoms with Crippen molar-refractivity contribution in [2.75, 3.05) is 19.8 Å². The van der Waals surface area contributed by atoms with Crippen molar-refractivity contribution in [3.05, 3.63) is 146 Å². The van der Waals surface area contributed by atoms with Crippen LogP contribution in [0, 0.1) is 5.82 Å². The molecule has 3 N–H and O–H groups in total. The fraction of sp³-hybridized carbons (Fsp3) is 0.235. The first-order valence-corrected chi connectivity index (χ1v) is 15.1. The van der Waals surface area contributed by atoms with Gasteiger partial charge in [0.05, 0.1) is 6.61 Å². The molecule has 244 valence electrons. The van der Waals surface area contributed by atoms with E-state index in [2.05, 4.69) is 30.9 Å². The van der Waals surface area contributed by atoms with Gasteiger partial charge < -0.3 is 14.6 Å². The minimum atomic E-state index is -1.72. The van der Waals surface area contributed by atoms with Crippen LogP contribution in [0.5, 0.6) is 5.75 Å². The maximum absolute atomic E-state index is 14.5. The molecule has 0 saturated carbocycles. The van der Waals surface area contributed by atoms with Crippen LogP contribution in [0.25, 0.3) is 20.9 Å². The summed E-state index contributed by atoms with van der Waals surface area (Å²) in [5.41, 5.74) is 25.0. The van der Waals surface area contributed by atoms with E-state index in [9.17, 15) is 20.2 Å². The summed E-state index contributed by atoms with van der Waals surface area (Å²) in [5.74, 6) is -0.232. The first-order valence-electron chi connectivity index (χ1n) is 15.1. The number of halogens is 1. The van der Waals surface area contributed by atoms with Gasteiger partial charge in [-0.2, -0.15) is 0 Å². The predicted octanol–water partition coefficient (Wildman–Crippen LogP) is 6.83. The number of amides is 1. The molecule has 14 heteroatoms. The topological polar surface area (TPSA) is 190 Å². The van der Waals surface area contributed by atoms with Crippen LogP contribution in [0.15, 0.2) is 112 Å². The Morgan fingerprint density at radius 3 is 2.33 bits per heavy atom. The number of hydrazine groups is 1. The molecule has 48 heavy (non-hydrogen) atoms. The Hall–Kier alpha value is -5.91. The number of hydrogen-bond acceptors (Lipinski definition) is 8. The first kappa shape index (κ1) is 33.5. The van der Waals surface area contributed by atoms with Gasteiger partial charge in [0.2, 0.25) is 5.90 Å². The number of rotatable bonds is 15. The second kappa shape index (κ2) is 16.1. The van der Waals surface area contributed by atoms with Gasteiger partial charge in [-0.3, -0.25) is 10.2 Å². The SMILES string of the molecule is [N-]=[N+]=Nc1ccccc1C[C@]1(C(=O)NNCCc2ccccc2F)N=C(c2ccc(OCCCO)cc2)O[C@H]1c1ccccc1N=[N+]=[N-]. The summed E-state index contributed by atoms with van der Waals surface area (Å²) in [6.45, 7) is 0.545. The Kier molecular flexibility index (Phi) is 11.2. The number of aliphatic hydroxyl groups is 1. The van der Waals surface area contributed by atoms with Gasteiger partial charge in [-0.1, -0.05) is 77.0 Å². The minimum Gasteiger partial charge on any atom is -0.494 e. The lowest BCUT2D eigenvalue weighted by atomic mass is 9.81. The van der Waals surface area contributed by atoms with Gasteiger partial charge in [-0.15, -0.1) is 0 Å². The standard InChI is InChI=1S/C34H32FN9O4/c35-28-11-4-1-8-23(28)18-19-38-42-33(46)34(22-25-9-2-5-12-29(25)40-43-36)31(27-10-3-6-13-30(27)41-44-37)48-32(39-34)24-14-16-26(17-15-24)47-21-7-20-45/h1-6,8-17,31,38,45H,7,18-22H2,(H,42,46)/t31-,34-/m0/s1. The molecule has 1 heterocycles. The Bertz CT molecular complexity index is 1870. The minimum absolute atomic E-state index is 0.00634. The van der Waals surface area contributed by atoms with Crippen molar-refractivity contribution in [2.45, 2.75) is 30.9 Å². The van der Waals surface area contributed by atoms with E-state index < -0.39 is 17.6 Å². The maximum atomic E-state index is 14.5. The van der Waals surface area contributed by atoms with Gasteiger partial charge in [0.1, 0.15) is 11.6 Å². The molecule has 0 bridgehead atoms. The van der Waals surface area contributed by atoms with Gasteiger partial charge in [0.15, 0.2) is 11.6 Å². The lowest BCUT2D eigenvalue weighted by Crippen LogP contribution is -2.54. The van der Waals surface area contributed by atoms with Crippen LogP contribution < -0.4 is 15.6 Å². The summed E-state index contributed by atoms with van der Waals surface area (Å²) in [6, 6.07) is 26.9. The second-order valence-corrected chi connectivity index (χ2v) is 10.8. The highest BCUT2D eigenvalue weighted by Crippen LogP contribution is 2.46. The van der Waals surface area contributed by atoms with Crippen LogP contribution in [-0.4, -0.2) is 42.2 Å². The normalized spacial score (nSPS) is 16.5. The Morgan fingerprint density at radius 2 is 1.60 bits per heavy atom. The third kappa shape index (κ3) is 7.72. The van der Waals surface area contributed by atoms with Gasteiger partial charge >= 0.3 is 0 Å². The number of aliphatic hydroxyl groups excluding tert-OH is 1. The zero-order valence-electron chi connectivity index (χ0n) is 25.7. The van der Waals surface area contributed by atoms with Crippen molar-refractivity contribution in [3.63, 3.8) is 0 Å². The molecule has 0 aromatic heterocycles. The van der Waals surface area contributed by atoms with Crippen molar-refractivity contribution < 1.29 is 23.8 Å². The third-order valence-electron chi connectivity index (χ3n) is 7.68. The molecule has 0 radical (unpaired) electrons. The van der Waals surface area contributed by atoms with Crippen molar-refractivity contribution >= 4 is 23.2 Å². The van der Waals surface area contributed by atoms with Gasteiger partial charge in [-0.05, 0) is 58.9 Å². The summed E-state index contributed by atoms with van der Waals surface area (Å²) in [4.78, 5) is 25.3. The van der Waals surface area contributed by atoms with E-state index in [0.717, 1.165) is 0 Å². The third-order valence-corrected chi connectivity index (χ3v) is 7.68. The predicted molar refractivity (Wildman–Crippen MR) is 177 cm³/mol. The monoisotopic (exact) mass is 649 g/mol. The molecule has 0 aliphatic carbocycles. The van der Waals surface area contributed by atoms with Crippen molar-refractivity contribution in [1.82, 2.24) is 10.9 Å². The molecule has 0 fully saturated rings. The highest BCUT2D eigenvalue weighted by molar-refractivity contribution is 6.01. The summed E-state index contributed by atoms with van der Waals surface area (Å²) < 4.78 is 26.4. The summed E-state index contributed by atoms with van der Waals surface area (Å²) in [5, 5.41) is 16.8. The average Bonchev–Trinajstić information content (AvgIpc) is 3.49. The number of carbonyl (C=O) groups excluding carboxylic acids is 1. The molecular formula is C34H32FN9O4. The van der Waals surface area contributed by atoms with Crippen LogP contribution in [0.1, 0.15) is 34.8 Å². The van der Waals surface area contributed by atoms with Crippen LogP contribution in [0.3, 0.4) is 0 Å². The van der Waals surface area contributed by atoms with Crippen LogP contribution in [0.4, 0.5) is 15.8 Å². The van der Waals surface area contributed by atoms with E-state index in [1.165, 1.54) is 6.07 Å². The number of ether oxygens (including phenoxy) is 2. The lowest BCUT2D eigenvalue weighted by molar-refractivity contribution is -0.130. The number of aliphatic imine (C=N–C) groups is 1. The first-order chi connectivity index (χ1) is 23.5. The summed E-state index contributed by atoms with van der Waals surface area (Å²) >= 11 is 0. The summed E-state index contributed by atoms with van der Waals surface area (Å²) in [6.07, 6.45) is -0.417. The fourth-order valence-corrected chi connectivity index (χ4v) is 5.35. The Balaban J connectivity index is 1.57. The number of benzene rings is 4. The molecule has 1 aliphatic rings. The fourth-order valence-electron chi connectivity index (χ4n) is 5.35. The van der Waals surface area contributed by atoms with E-state index in [0.29, 0.717) is 53.1 Å². The Morgan fingerprint density at radius 1 is 0.938 bits per heavy atom. The highest BCUT2D eigenvalue weighted by Gasteiger charge is 2.54.